The van der Waals surface area contributed by atoms with Crippen molar-refractivity contribution in [1.82, 2.24) is 0 Å². The highest BCUT2D eigenvalue weighted by Gasteiger charge is 2.69. The van der Waals surface area contributed by atoms with E-state index in [2.05, 4.69) is 17.7 Å². The number of aliphatic hydroxyl groups is 9. The lowest BCUT2D eigenvalue weighted by molar-refractivity contribution is -0.361. The molecule has 4 saturated heterocycles. The second-order valence-electron chi connectivity index (χ2n) is 21.2. The molecule has 0 radical (unpaired) electrons. The van der Waals surface area contributed by atoms with Crippen molar-refractivity contribution in [3.05, 3.63) is 23.8 Å². The van der Waals surface area contributed by atoms with Gasteiger partial charge >= 0.3 is 20.8 Å². The first kappa shape index (κ1) is 54.8. The average molecular weight is 1050 g/mol. The molecule has 0 aromatic carbocycles. The van der Waals surface area contributed by atoms with Gasteiger partial charge in [-0.25, -0.2) is 8.37 Å². The Morgan fingerprint density at radius 1 is 0.829 bits per heavy atom. The first-order valence-electron chi connectivity index (χ1n) is 23.9. The minimum atomic E-state index is -5.16. The highest BCUT2D eigenvalue weighted by molar-refractivity contribution is 7.81. The molecule has 24 nitrogen and oxygen atoms in total. The fourth-order valence-electron chi connectivity index (χ4n) is 13.6. The minimum absolute atomic E-state index is 0.0177. The van der Waals surface area contributed by atoms with Gasteiger partial charge in [-0.3, -0.25) is 9.11 Å². The number of allylic oxidation sites excluding steroid dienone is 1. The molecule has 4 heterocycles. The predicted molar refractivity (Wildman–Crippen MR) is 234 cm³/mol. The Labute approximate surface area is 406 Å². The zero-order chi connectivity index (χ0) is 51.2. The van der Waals surface area contributed by atoms with Crippen molar-refractivity contribution < 1.29 is 113 Å². The third-order valence-electron chi connectivity index (χ3n) is 17.3. The smallest absolute Gasteiger partial charge is 0.394 e. The van der Waals surface area contributed by atoms with E-state index in [1.807, 2.05) is 19.9 Å². The summed E-state index contributed by atoms with van der Waals surface area (Å²) in [6, 6.07) is 0. The summed E-state index contributed by atoms with van der Waals surface area (Å²) in [5, 5.41) is 95.6. The topological polar surface area (TPSA) is 374 Å². The molecule has 402 valence electrons. The van der Waals surface area contributed by atoms with Crippen LogP contribution < -0.4 is 0 Å². The summed E-state index contributed by atoms with van der Waals surface area (Å²) in [5.74, 6) is -1.93. The van der Waals surface area contributed by atoms with Crippen molar-refractivity contribution in [2.24, 2.45) is 40.4 Å². The molecule has 26 heteroatoms. The van der Waals surface area contributed by atoms with Gasteiger partial charge in [-0.15, -0.1) is 0 Å². The van der Waals surface area contributed by atoms with Crippen LogP contribution >= 0.6 is 0 Å². The van der Waals surface area contributed by atoms with Crippen molar-refractivity contribution in [2.75, 3.05) is 19.8 Å². The van der Waals surface area contributed by atoms with Crippen LogP contribution in [-0.2, 0) is 62.3 Å². The van der Waals surface area contributed by atoms with E-state index in [0.717, 1.165) is 5.57 Å². The van der Waals surface area contributed by atoms with E-state index >= 15 is 0 Å². The minimum Gasteiger partial charge on any atom is -0.394 e. The Morgan fingerprint density at radius 2 is 1.50 bits per heavy atom. The summed E-state index contributed by atoms with van der Waals surface area (Å²) in [5.41, 5.74) is 0.131. The van der Waals surface area contributed by atoms with Gasteiger partial charge in [-0.2, -0.15) is 16.8 Å². The fraction of sp³-hybridized carbons (Fsp3) is 0.909. The number of rotatable bonds is 15. The lowest BCUT2D eigenvalue weighted by atomic mass is 9.46. The van der Waals surface area contributed by atoms with Crippen LogP contribution in [0.1, 0.15) is 79.1 Å². The molecule has 25 atom stereocenters. The van der Waals surface area contributed by atoms with Crippen LogP contribution in [0.25, 0.3) is 0 Å². The number of aliphatic hydroxyl groups excluding tert-OH is 8. The third kappa shape index (κ3) is 10.3. The monoisotopic (exact) mass is 1050 g/mol. The maximum atomic E-state index is 12.1. The van der Waals surface area contributed by atoms with Gasteiger partial charge in [-0.1, -0.05) is 44.6 Å². The molecule has 8 aliphatic rings. The Morgan fingerprint density at radius 3 is 2.17 bits per heavy atom. The number of hydrogen-bond donors (Lipinski definition) is 11. The van der Waals surface area contributed by atoms with Gasteiger partial charge in [0.25, 0.3) is 0 Å². The van der Waals surface area contributed by atoms with Crippen LogP contribution in [-0.4, -0.2) is 202 Å². The molecule has 11 N–H and O–H groups in total. The van der Waals surface area contributed by atoms with Crippen LogP contribution in [0, 0.1) is 40.4 Å². The molecule has 0 spiro atoms. The van der Waals surface area contributed by atoms with Crippen LogP contribution in [0.15, 0.2) is 23.8 Å². The van der Waals surface area contributed by atoms with E-state index in [9.17, 15) is 71.9 Å². The van der Waals surface area contributed by atoms with Gasteiger partial charge in [0.15, 0.2) is 24.7 Å². The molecule has 70 heavy (non-hydrogen) atoms. The molecule has 25 unspecified atom stereocenters. The Balaban J connectivity index is 0.996. The van der Waals surface area contributed by atoms with Crippen LogP contribution in [0.2, 0.25) is 0 Å². The highest BCUT2D eigenvalue weighted by Crippen LogP contribution is 2.70. The molecule has 0 bridgehead atoms. The Bertz CT molecular complexity index is 2150. The first-order valence-corrected chi connectivity index (χ1v) is 26.6. The molecule has 3 saturated carbocycles. The zero-order valence-corrected chi connectivity index (χ0v) is 40.9. The zero-order valence-electron chi connectivity index (χ0n) is 39.3. The van der Waals surface area contributed by atoms with E-state index in [4.69, 9.17) is 37.3 Å². The molecule has 0 amide bonds. The summed E-state index contributed by atoms with van der Waals surface area (Å²) in [6.45, 7) is 10.3. The van der Waals surface area contributed by atoms with E-state index in [0.29, 0.717) is 31.3 Å². The molecule has 7 fully saturated rings. The van der Waals surface area contributed by atoms with Gasteiger partial charge < -0.3 is 79.1 Å². The number of ether oxygens (including phenoxy) is 7. The molecule has 0 aromatic heterocycles. The number of hydrogen-bond acceptors (Lipinski definition) is 22. The predicted octanol–water partition coefficient (Wildman–Crippen LogP) is -1.65. The van der Waals surface area contributed by atoms with Gasteiger partial charge in [-0.05, 0) is 74.5 Å². The SMILES string of the molecule is C=C(CCC1(O)OC2CC3C4CC=C5CC(OS(=O)(=O)O)CC(OC6OCC(OS(=O)(=O)O)C(O)C6OC6OC(C)C(O)C(O)C6O)C5(C)C4CCC3(C)C2C1C)COC1OC(CO)C(O)C(O)C1O. The van der Waals surface area contributed by atoms with Crippen molar-refractivity contribution >= 4 is 20.8 Å². The van der Waals surface area contributed by atoms with Crippen LogP contribution in [0.3, 0.4) is 0 Å². The summed E-state index contributed by atoms with van der Waals surface area (Å²) in [7, 11) is -10.1. The summed E-state index contributed by atoms with van der Waals surface area (Å²) < 4.78 is 119. The Kier molecular flexibility index (Phi) is 15.9. The summed E-state index contributed by atoms with van der Waals surface area (Å²) in [6.07, 6.45) is -19.7. The second-order valence-corrected chi connectivity index (χ2v) is 23.3. The molecule has 4 aliphatic heterocycles. The lowest BCUT2D eigenvalue weighted by Gasteiger charge is -2.60. The van der Waals surface area contributed by atoms with E-state index in [1.54, 1.807) is 0 Å². The average Bonchev–Trinajstić information content (AvgIpc) is 3.72. The van der Waals surface area contributed by atoms with E-state index in [-0.39, 0.29) is 73.4 Å². The molecular weight excluding hydrogens is 977 g/mol. The third-order valence-corrected chi connectivity index (χ3v) is 18.3. The van der Waals surface area contributed by atoms with Crippen molar-refractivity contribution in [3.63, 3.8) is 0 Å². The molecule has 0 aromatic rings. The maximum absolute atomic E-state index is 12.1. The van der Waals surface area contributed by atoms with Crippen LogP contribution in [0.5, 0.6) is 0 Å². The largest absolute Gasteiger partial charge is 0.397 e. The normalized spacial score (nSPS) is 50.6. The number of fused-ring (bicyclic) bond motifs is 7. The fourth-order valence-corrected chi connectivity index (χ4v) is 14.6. The van der Waals surface area contributed by atoms with Gasteiger partial charge in [0, 0.05) is 24.2 Å². The maximum Gasteiger partial charge on any atom is 0.397 e. The summed E-state index contributed by atoms with van der Waals surface area (Å²) >= 11 is 0. The molecule has 4 aliphatic carbocycles. The highest BCUT2D eigenvalue weighted by atomic mass is 32.3. The van der Waals surface area contributed by atoms with Crippen molar-refractivity contribution in [1.29, 1.82) is 0 Å². The summed E-state index contributed by atoms with van der Waals surface area (Å²) in [4.78, 5) is 0. The van der Waals surface area contributed by atoms with Crippen LogP contribution in [0.4, 0.5) is 0 Å². The lowest BCUT2D eigenvalue weighted by Crippen LogP contribution is -2.64. The quantitative estimate of drug-likeness (QED) is 0.0647. The van der Waals surface area contributed by atoms with Crippen molar-refractivity contribution in [3.8, 4) is 0 Å². The standard InChI is InChI=1S/C44H70O24S2/c1-18(16-60-39-36(51)35(50)32(47)27(15-45)63-39)8-11-44(53)19(2)30-26(66-44)14-25-23-7-6-21-12-22(67-69(54,55)56)13-29(43(21,5)24(23)9-10-42(25,30)4)64-41-38(33(48)28(17-61-41)68-70(57,58)59)65-40-37(52)34(49)31(46)20(3)62-40/h6,19-20,22-41,45-53H,1,7-17H2,2-5H3,(H,54,55,56)(H,57,58,59). The van der Waals surface area contributed by atoms with Crippen molar-refractivity contribution in [2.45, 2.75) is 189 Å². The van der Waals surface area contributed by atoms with Gasteiger partial charge in [0.1, 0.15) is 61.0 Å². The van der Waals surface area contributed by atoms with E-state index < -0.39 is 143 Å². The van der Waals surface area contributed by atoms with Gasteiger partial charge in [0.05, 0.1) is 44.2 Å². The van der Waals surface area contributed by atoms with Gasteiger partial charge in [0.2, 0.25) is 0 Å². The first-order chi connectivity index (χ1) is 32.6. The second kappa shape index (κ2) is 20.3. The Hall–Kier alpha value is -1.42. The van der Waals surface area contributed by atoms with E-state index in [1.165, 1.54) is 6.92 Å². The molecular formula is C44H70O24S2. The molecule has 8 rings (SSSR count).